The van der Waals surface area contributed by atoms with Crippen LogP contribution in [0.2, 0.25) is 0 Å². The van der Waals surface area contributed by atoms with E-state index in [9.17, 15) is 14.4 Å². The lowest BCUT2D eigenvalue weighted by Crippen LogP contribution is -2.40. The topological polar surface area (TPSA) is 116 Å². The third-order valence-electron chi connectivity index (χ3n) is 2.39. The van der Waals surface area contributed by atoms with Crippen molar-refractivity contribution in [3.63, 3.8) is 0 Å². The average molecular weight is 266 g/mol. The summed E-state index contributed by atoms with van der Waals surface area (Å²) in [6.45, 7) is 1.29. The summed E-state index contributed by atoms with van der Waals surface area (Å²) in [5.74, 6) is -2.43. The van der Waals surface area contributed by atoms with Crippen molar-refractivity contribution >= 4 is 23.4 Å². The zero-order chi connectivity index (χ0) is 14.4. The molecular weight excluding hydrogens is 252 g/mol. The van der Waals surface area contributed by atoms with Gasteiger partial charge in [-0.2, -0.15) is 0 Å². The maximum atomic E-state index is 11.2. The summed E-state index contributed by atoms with van der Waals surface area (Å²) in [6, 6.07) is 4.96. The molecule has 0 saturated carbocycles. The average Bonchev–Trinajstić information content (AvgIpc) is 2.34. The Kier molecular flexibility index (Phi) is 5.01. The van der Waals surface area contributed by atoms with Gasteiger partial charge in [0, 0.05) is 5.69 Å². The Hall–Kier alpha value is -2.41. The number of hydrazine groups is 1. The van der Waals surface area contributed by atoms with E-state index in [1.165, 1.54) is 31.2 Å². The Balaban J connectivity index is 2.61. The van der Waals surface area contributed by atoms with E-state index in [4.69, 9.17) is 10.2 Å². The minimum atomic E-state index is -1.09. The first-order valence-corrected chi connectivity index (χ1v) is 5.47. The number of anilines is 1. The Morgan fingerprint density at radius 1 is 1.16 bits per heavy atom. The molecule has 0 aliphatic rings. The predicted octanol–water partition coefficient (Wildman–Crippen LogP) is 0.734. The van der Waals surface area contributed by atoms with Crippen LogP contribution in [0.5, 0.6) is 0 Å². The fraction of sp³-hybridized carbons (Fsp3) is 0.250. The molecule has 0 aliphatic carbocycles. The first-order chi connectivity index (χ1) is 8.90. The number of hydrogen-bond donors (Lipinski definition) is 4. The number of carboxylic acids is 2. The number of carboxylic acid groups (broad SMARTS) is 2. The van der Waals surface area contributed by atoms with Gasteiger partial charge < -0.3 is 15.6 Å². The van der Waals surface area contributed by atoms with Gasteiger partial charge in [-0.3, -0.25) is 9.59 Å². The van der Waals surface area contributed by atoms with Crippen LogP contribution < -0.4 is 10.9 Å². The van der Waals surface area contributed by atoms with Crippen molar-refractivity contribution in [3.8, 4) is 0 Å². The lowest BCUT2D eigenvalue weighted by Gasteiger charge is -2.15. The van der Waals surface area contributed by atoms with Crippen molar-refractivity contribution in [2.24, 2.45) is 0 Å². The largest absolute Gasteiger partial charge is 0.481 e. The molecule has 0 heterocycles. The van der Waals surface area contributed by atoms with Gasteiger partial charge in [0.1, 0.15) is 5.78 Å². The second kappa shape index (κ2) is 6.50. The van der Waals surface area contributed by atoms with Crippen LogP contribution in [0.1, 0.15) is 23.7 Å². The number of benzene rings is 1. The van der Waals surface area contributed by atoms with Crippen molar-refractivity contribution in [2.75, 3.05) is 5.43 Å². The van der Waals surface area contributed by atoms with Crippen molar-refractivity contribution < 1.29 is 24.6 Å². The number of carbonyl (C=O) groups excluding carboxylic acids is 1. The van der Waals surface area contributed by atoms with Crippen molar-refractivity contribution in [1.29, 1.82) is 0 Å². The van der Waals surface area contributed by atoms with E-state index in [1.807, 2.05) is 0 Å². The molecule has 1 rings (SSSR count). The molecule has 1 atom stereocenters. The highest BCUT2D eigenvalue weighted by atomic mass is 16.4. The minimum Gasteiger partial charge on any atom is -0.481 e. The van der Waals surface area contributed by atoms with Gasteiger partial charge >= 0.3 is 11.9 Å². The number of nitrogens with one attached hydrogen (secondary N) is 2. The summed E-state index contributed by atoms with van der Waals surface area (Å²) in [7, 11) is 0. The number of ketones is 1. The van der Waals surface area contributed by atoms with E-state index in [0.29, 0.717) is 5.69 Å². The summed E-state index contributed by atoms with van der Waals surface area (Å²) in [6.07, 6.45) is -0.338. The Labute approximate surface area is 109 Å². The predicted molar refractivity (Wildman–Crippen MR) is 66.9 cm³/mol. The Morgan fingerprint density at radius 3 is 2.16 bits per heavy atom. The molecule has 0 fully saturated rings. The van der Waals surface area contributed by atoms with E-state index in [-0.39, 0.29) is 17.8 Å². The van der Waals surface area contributed by atoms with E-state index < -0.39 is 18.0 Å². The Bertz CT molecular complexity index is 483. The van der Waals surface area contributed by atoms with E-state index in [1.54, 1.807) is 0 Å². The summed E-state index contributed by atoms with van der Waals surface area (Å²) in [4.78, 5) is 32.4. The minimum absolute atomic E-state index is 0.138. The van der Waals surface area contributed by atoms with Gasteiger partial charge in [0.05, 0.1) is 18.0 Å². The second-order valence-electron chi connectivity index (χ2n) is 3.91. The van der Waals surface area contributed by atoms with Gasteiger partial charge in [-0.15, -0.1) is 0 Å². The number of aromatic carboxylic acids is 1. The van der Waals surface area contributed by atoms with Gasteiger partial charge in [-0.25, -0.2) is 10.2 Å². The van der Waals surface area contributed by atoms with Crippen molar-refractivity contribution in [1.82, 2.24) is 5.43 Å². The van der Waals surface area contributed by atoms with Crippen molar-refractivity contribution in [2.45, 2.75) is 19.4 Å². The van der Waals surface area contributed by atoms with E-state index >= 15 is 0 Å². The van der Waals surface area contributed by atoms with Gasteiger partial charge in [0.15, 0.2) is 0 Å². The molecule has 0 saturated heterocycles. The molecule has 0 aromatic heterocycles. The van der Waals surface area contributed by atoms with Crippen LogP contribution in [0.3, 0.4) is 0 Å². The first-order valence-electron chi connectivity index (χ1n) is 5.47. The van der Waals surface area contributed by atoms with Gasteiger partial charge in [-0.1, -0.05) is 0 Å². The summed E-state index contributed by atoms with van der Waals surface area (Å²) in [5.41, 5.74) is 5.93. The SMILES string of the molecule is CC(=O)[C@H](CC(=O)O)NNc1ccc(C(=O)O)cc1. The lowest BCUT2D eigenvalue weighted by atomic mass is 10.1. The quantitative estimate of drug-likeness (QED) is 0.538. The zero-order valence-corrected chi connectivity index (χ0v) is 10.2. The molecule has 0 spiro atoms. The zero-order valence-electron chi connectivity index (χ0n) is 10.2. The van der Waals surface area contributed by atoms with Crippen LogP contribution in [-0.2, 0) is 9.59 Å². The van der Waals surface area contributed by atoms with Gasteiger partial charge in [-0.05, 0) is 31.2 Å². The van der Waals surface area contributed by atoms with Gasteiger partial charge in [0.25, 0.3) is 0 Å². The first kappa shape index (κ1) is 14.7. The number of rotatable bonds is 7. The van der Waals surface area contributed by atoms with Crippen LogP contribution in [0.15, 0.2) is 24.3 Å². The number of hydrogen-bond acceptors (Lipinski definition) is 5. The molecule has 0 bridgehead atoms. The molecule has 0 unspecified atom stereocenters. The molecule has 0 aliphatic heterocycles. The molecule has 0 amide bonds. The van der Waals surface area contributed by atoms with Crippen LogP contribution in [0.4, 0.5) is 5.69 Å². The summed E-state index contributed by atoms with van der Waals surface area (Å²) >= 11 is 0. The third kappa shape index (κ3) is 4.76. The normalized spacial score (nSPS) is 11.6. The second-order valence-corrected chi connectivity index (χ2v) is 3.91. The Morgan fingerprint density at radius 2 is 1.74 bits per heavy atom. The highest BCUT2D eigenvalue weighted by Gasteiger charge is 2.17. The third-order valence-corrected chi connectivity index (χ3v) is 2.39. The fourth-order valence-electron chi connectivity index (χ4n) is 1.34. The maximum Gasteiger partial charge on any atom is 0.335 e. The number of carbonyl (C=O) groups is 3. The summed E-state index contributed by atoms with van der Waals surface area (Å²) in [5, 5.41) is 17.4. The molecule has 1 aromatic rings. The lowest BCUT2D eigenvalue weighted by molar-refractivity contribution is -0.139. The van der Waals surface area contributed by atoms with E-state index in [0.717, 1.165) is 0 Å². The van der Waals surface area contributed by atoms with Crippen LogP contribution in [0.25, 0.3) is 0 Å². The smallest absolute Gasteiger partial charge is 0.335 e. The standard InChI is InChI=1S/C12H14N2O5/c1-7(15)10(6-11(16)17)14-13-9-4-2-8(3-5-9)12(18)19/h2-5,10,13-14H,6H2,1H3,(H,16,17)(H,18,19)/t10-/m0/s1. The molecule has 102 valence electrons. The van der Waals surface area contributed by atoms with Crippen LogP contribution in [-0.4, -0.2) is 34.0 Å². The molecular formula is C12H14N2O5. The molecule has 4 N–H and O–H groups in total. The number of aliphatic carboxylic acids is 1. The van der Waals surface area contributed by atoms with Gasteiger partial charge in [0.2, 0.25) is 0 Å². The van der Waals surface area contributed by atoms with Crippen molar-refractivity contribution in [3.05, 3.63) is 29.8 Å². The van der Waals surface area contributed by atoms with Crippen LogP contribution >= 0.6 is 0 Å². The number of Topliss-reactive ketones (excluding diaryl/α,β-unsaturated/α-hetero) is 1. The summed E-state index contributed by atoms with van der Waals surface area (Å²) < 4.78 is 0. The van der Waals surface area contributed by atoms with Crippen LogP contribution in [0, 0.1) is 0 Å². The molecule has 19 heavy (non-hydrogen) atoms. The van der Waals surface area contributed by atoms with E-state index in [2.05, 4.69) is 10.9 Å². The molecule has 1 aromatic carbocycles. The highest BCUT2D eigenvalue weighted by Crippen LogP contribution is 2.08. The highest BCUT2D eigenvalue weighted by molar-refractivity contribution is 5.88. The fourth-order valence-corrected chi connectivity index (χ4v) is 1.34. The molecule has 7 heteroatoms. The molecule has 7 nitrogen and oxygen atoms in total. The maximum absolute atomic E-state index is 11.2. The monoisotopic (exact) mass is 266 g/mol. The molecule has 0 radical (unpaired) electrons.